The molecule has 2 rings (SSSR count). The average molecular weight is 266 g/mol. The summed E-state index contributed by atoms with van der Waals surface area (Å²) in [5.41, 5.74) is 1.26. The number of aryl methyl sites for hydroxylation is 1. The van der Waals surface area contributed by atoms with Gasteiger partial charge in [0.15, 0.2) is 0 Å². The molecule has 1 fully saturated rings. The largest absolute Gasteiger partial charge is 0.353 e. The predicted octanol–water partition coefficient (Wildman–Crippen LogP) is 2.69. The first-order valence-corrected chi connectivity index (χ1v) is 7.95. The van der Waals surface area contributed by atoms with E-state index in [2.05, 4.69) is 41.1 Å². The lowest BCUT2D eigenvalue weighted by Gasteiger charge is -2.27. The van der Waals surface area contributed by atoms with Crippen molar-refractivity contribution in [3.8, 4) is 0 Å². The summed E-state index contributed by atoms with van der Waals surface area (Å²) in [6.07, 6.45) is 6.33. The van der Waals surface area contributed by atoms with Crippen molar-refractivity contribution in [1.82, 2.24) is 9.47 Å². The number of carbonyl (C=O) groups excluding carboxylic acids is 1. The van der Waals surface area contributed by atoms with Crippen LogP contribution < -0.4 is 0 Å². The van der Waals surface area contributed by atoms with E-state index in [0.29, 0.717) is 5.91 Å². The number of carbonyl (C=O) groups is 1. The highest BCUT2D eigenvalue weighted by molar-refractivity contribution is 7.98. The summed E-state index contributed by atoms with van der Waals surface area (Å²) in [6, 6.07) is 4.47. The highest BCUT2D eigenvalue weighted by Crippen LogP contribution is 2.33. The Hall–Kier alpha value is -0.900. The van der Waals surface area contributed by atoms with Crippen LogP contribution >= 0.6 is 11.8 Å². The molecule has 0 bridgehead atoms. The lowest BCUT2D eigenvalue weighted by Crippen LogP contribution is -2.36. The normalized spacial score (nSPS) is 21.3. The molecule has 2 heterocycles. The van der Waals surface area contributed by atoms with E-state index < -0.39 is 0 Å². The van der Waals surface area contributed by atoms with Crippen LogP contribution in [0.25, 0.3) is 0 Å². The second-order valence-electron chi connectivity index (χ2n) is 5.09. The first-order chi connectivity index (χ1) is 8.65. The third kappa shape index (κ3) is 2.58. The van der Waals surface area contributed by atoms with Crippen LogP contribution in [-0.4, -0.2) is 33.9 Å². The van der Waals surface area contributed by atoms with Crippen LogP contribution in [-0.2, 0) is 11.8 Å². The van der Waals surface area contributed by atoms with Crippen molar-refractivity contribution in [2.45, 2.75) is 25.8 Å². The van der Waals surface area contributed by atoms with Crippen molar-refractivity contribution in [2.75, 3.05) is 18.6 Å². The Kier molecular flexibility index (Phi) is 4.38. The number of aromatic nitrogens is 1. The van der Waals surface area contributed by atoms with Gasteiger partial charge in [-0.3, -0.25) is 4.79 Å². The Labute approximate surface area is 114 Å². The van der Waals surface area contributed by atoms with Crippen molar-refractivity contribution in [3.05, 3.63) is 24.0 Å². The van der Waals surface area contributed by atoms with Crippen molar-refractivity contribution in [1.29, 1.82) is 0 Å². The van der Waals surface area contributed by atoms with Gasteiger partial charge in [0.2, 0.25) is 5.91 Å². The maximum Gasteiger partial charge on any atom is 0.226 e. The molecule has 1 aromatic heterocycles. The van der Waals surface area contributed by atoms with Gasteiger partial charge in [0.05, 0.1) is 6.04 Å². The molecule has 100 valence electrons. The van der Waals surface area contributed by atoms with Gasteiger partial charge >= 0.3 is 0 Å². The third-order valence-corrected chi connectivity index (χ3v) is 4.53. The summed E-state index contributed by atoms with van der Waals surface area (Å²) in [5, 5.41) is 0. The van der Waals surface area contributed by atoms with Gasteiger partial charge in [0, 0.05) is 37.2 Å². The summed E-state index contributed by atoms with van der Waals surface area (Å²) in [4.78, 5) is 14.5. The van der Waals surface area contributed by atoms with Gasteiger partial charge in [0.1, 0.15) is 0 Å². The van der Waals surface area contributed by atoms with E-state index in [1.807, 2.05) is 6.92 Å². The van der Waals surface area contributed by atoms with Crippen LogP contribution in [0.4, 0.5) is 0 Å². The van der Waals surface area contributed by atoms with Crippen molar-refractivity contribution in [2.24, 2.45) is 13.0 Å². The number of likely N-dealkylation sites (tertiary alicyclic amines) is 1. The Balaban J connectivity index is 2.13. The Morgan fingerprint density at radius 1 is 1.61 bits per heavy atom. The van der Waals surface area contributed by atoms with Crippen LogP contribution in [0.2, 0.25) is 0 Å². The van der Waals surface area contributed by atoms with E-state index >= 15 is 0 Å². The van der Waals surface area contributed by atoms with E-state index in [1.54, 1.807) is 11.8 Å². The van der Waals surface area contributed by atoms with E-state index in [1.165, 1.54) is 5.69 Å². The number of nitrogens with zero attached hydrogens (tertiary/aromatic N) is 2. The third-order valence-electron chi connectivity index (χ3n) is 3.70. The van der Waals surface area contributed by atoms with Crippen molar-refractivity contribution >= 4 is 17.7 Å². The molecule has 0 N–H and O–H groups in total. The molecule has 0 unspecified atom stereocenters. The molecule has 0 saturated carbocycles. The number of thioether (sulfide) groups is 1. The minimum absolute atomic E-state index is 0.126. The number of rotatable bonds is 4. The fraction of sp³-hybridized carbons (Fsp3) is 0.643. The van der Waals surface area contributed by atoms with Crippen LogP contribution in [0.5, 0.6) is 0 Å². The van der Waals surface area contributed by atoms with Crippen molar-refractivity contribution < 1.29 is 4.79 Å². The zero-order chi connectivity index (χ0) is 13.1. The van der Waals surface area contributed by atoms with Gasteiger partial charge in [-0.2, -0.15) is 11.8 Å². The predicted molar refractivity (Wildman–Crippen MR) is 76.6 cm³/mol. The van der Waals surface area contributed by atoms with Gasteiger partial charge < -0.3 is 9.47 Å². The van der Waals surface area contributed by atoms with Crippen molar-refractivity contribution in [3.63, 3.8) is 0 Å². The molecule has 0 radical (unpaired) electrons. The first kappa shape index (κ1) is 13.5. The fourth-order valence-electron chi connectivity index (χ4n) is 2.76. The van der Waals surface area contributed by atoms with Gasteiger partial charge in [-0.25, -0.2) is 0 Å². The van der Waals surface area contributed by atoms with Crippen LogP contribution in [0, 0.1) is 5.92 Å². The van der Waals surface area contributed by atoms with Crippen LogP contribution in [0.1, 0.15) is 31.5 Å². The molecule has 2 atom stereocenters. The molecular weight excluding hydrogens is 244 g/mol. The molecule has 1 aliphatic rings. The molecule has 0 aliphatic carbocycles. The van der Waals surface area contributed by atoms with E-state index in [0.717, 1.165) is 25.1 Å². The quantitative estimate of drug-likeness (QED) is 0.837. The SMILES string of the molecule is CSC[C@@H](C)C(=O)N1CCC[C@@H]1c1cccn1C. The van der Waals surface area contributed by atoms with Gasteiger partial charge in [-0.05, 0) is 31.2 Å². The summed E-state index contributed by atoms with van der Waals surface area (Å²) < 4.78 is 2.13. The molecule has 4 heteroatoms. The second-order valence-corrected chi connectivity index (χ2v) is 6.00. The monoisotopic (exact) mass is 266 g/mol. The molecule has 1 aromatic rings. The molecule has 18 heavy (non-hydrogen) atoms. The summed E-state index contributed by atoms with van der Waals surface area (Å²) in [6.45, 7) is 2.95. The van der Waals surface area contributed by atoms with E-state index in [9.17, 15) is 4.79 Å². The second kappa shape index (κ2) is 5.83. The maximum absolute atomic E-state index is 12.5. The molecule has 3 nitrogen and oxygen atoms in total. The molecule has 1 saturated heterocycles. The Morgan fingerprint density at radius 2 is 2.39 bits per heavy atom. The fourth-order valence-corrected chi connectivity index (χ4v) is 3.41. The smallest absolute Gasteiger partial charge is 0.226 e. The highest BCUT2D eigenvalue weighted by atomic mass is 32.2. The van der Waals surface area contributed by atoms with E-state index in [4.69, 9.17) is 0 Å². The zero-order valence-electron chi connectivity index (χ0n) is 11.4. The Bertz CT molecular complexity index is 416. The number of hydrogen-bond acceptors (Lipinski definition) is 2. The van der Waals surface area contributed by atoms with Gasteiger partial charge in [-0.15, -0.1) is 0 Å². The lowest BCUT2D eigenvalue weighted by atomic mass is 10.1. The molecule has 0 aromatic carbocycles. The number of amides is 1. The maximum atomic E-state index is 12.5. The number of hydrogen-bond donors (Lipinski definition) is 0. The summed E-state index contributed by atoms with van der Waals surface area (Å²) in [5.74, 6) is 1.35. The summed E-state index contributed by atoms with van der Waals surface area (Å²) in [7, 11) is 2.06. The van der Waals surface area contributed by atoms with Crippen LogP contribution in [0.3, 0.4) is 0 Å². The molecular formula is C14H22N2OS. The topological polar surface area (TPSA) is 25.2 Å². The van der Waals surface area contributed by atoms with Crippen LogP contribution in [0.15, 0.2) is 18.3 Å². The molecule has 0 spiro atoms. The van der Waals surface area contributed by atoms with E-state index in [-0.39, 0.29) is 12.0 Å². The van der Waals surface area contributed by atoms with Gasteiger partial charge in [-0.1, -0.05) is 6.92 Å². The average Bonchev–Trinajstić information content (AvgIpc) is 2.96. The first-order valence-electron chi connectivity index (χ1n) is 6.55. The highest BCUT2D eigenvalue weighted by Gasteiger charge is 2.33. The minimum Gasteiger partial charge on any atom is -0.353 e. The summed E-state index contributed by atoms with van der Waals surface area (Å²) >= 11 is 1.75. The standard InChI is InChI=1S/C14H22N2OS/c1-11(10-18-3)14(17)16-9-5-7-13(16)12-6-4-8-15(12)2/h4,6,8,11,13H,5,7,9-10H2,1-3H3/t11-,13-/m1/s1. The minimum atomic E-state index is 0.126. The lowest BCUT2D eigenvalue weighted by molar-refractivity contribution is -0.135. The Morgan fingerprint density at radius 3 is 3.00 bits per heavy atom. The van der Waals surface area contributed by atoms with Gasteiger partial charge in [0.25, 0.3) is 0 Å². The molecule has 1 aliphatic heterocycles. The molecule has 1 amide bonds. The zero-order valence-corrected chi connectivity index (χ0v) is 12.2.